The first-order valence-electron chi connectivity index (χ1n) is 7.60. The maximum absolute atomic E-state index is 11.9. The highest BCUT2D eigenvalue weighted by Crippen LogP contribution is 2.26. The van der Waals surface area contributed by atoms with Crippen LogP contribution in [0.3, 0.4) is 0 Å². The summed E-state index contributed by atoms with van der Waals surface area (Å²) < 4.78 is 0. The van der Waals surface area contributed by atoms with Crippen LogP contribution in [-0.4, -0.2) is 64.7 Å². The second kappa shape index (κ2) is 7.35. The third kappa shape index (κ3) is 4.51. The van der Waals surface area contributed by atoms with Gasteiger partial charge < -0.3 is 15.7 Å². The summed E-state index contributed by atoms with van der Waals surface area (Å²) in [6.45, 7) is 4.94. The highest BCUT2D eigenvalue weighted by atomic mass is 32.2. The van der Waals surface area contributed by atoms with Crippen molar-refractivity contribution >= 4 is 23.8 Å². The van der Waals surface area contributed by atoms with Crippen molar-refractivity contribution < 1.29 is 14.7 Å². The molecule has 2 amide bonds. The van der Waals surface area contributed by atoms with E-state index in [2.05, 4.69) is 17.6 Å². The standard InChI is InChI=1S/C14H25N3O3S/c1-3-17(6-13(18)19)11-4-10(5-11)15-14(20)16-12-8-21-7-9(12)2/h9-12H,3-8H2,1-2H3,(H,18,19)(H2,15,16,20). The summed E-state index contributed by atoms with van der Waals surface area (Å²) >= 11 is 1.88. The zero-order valence-corrected chi connectivity index (χ0v) is 13.5. The Bertz CT molecular complexity index is 388. The zero-order chi connectivity index (χ0) is 15.4. The molecule has 120 valence electrons. The maximum Gasteiger partial charge on any atom is 0.317 e. The number of hydrogen-bond donors (Lipinski definition) is 3. The molecule has 1 saturated heterocycles. The number of thioether (sulfide) groups is 1. The Hall–Kier alpha value is -0.950. The van der Waals surface area contributed by atoms with Gasteiger partial charge in [0.15, 0.2) is 0 Å². The summed E-state index contributed by atoms with van der Waals surface area (Å²) in [7, 11) is 0. The smallest absolute Gasteiger partial charge is 0.317 e. The molecule has 1 saturated carbocycles. The van der Waals surface area contributed by atoms with Gasteiger partial charge in [-0.1, -0.05) is 13.8 Å². The quantitative estimate of drug-likeness (QED) is 0.680. The van der Waals surface area contributed by atoms with E-state index >= 15 is 0 Å². The van der Waals surface area contributed by atoms with Gasteiger partial charge in [0.1, 0.15) is 0 Å². The average Bonchev–Trinajstić information content (AvgIpc) is 2.76. The number of aliphatic carboxylic acids is 1. The first kappa shape index (κ1) is 16.4. The third-order valence-electron chi connectivity index (χ3n) is 4.39. The number of carbonyl (C=O) groups is 2. The molecule has 2 rings (SSSR count). The van der Waals surface area contributed by atoms with E-state index in [0.717, 1.165) is 30.9 Å². The van der Waals surface area contributed by atoms with E-state index in [0.29, 0.717) is 5.92 Å². The summed E-state index contributed by atoms with van der Waals surface area (Å²) in [5, 5.41) is 14.9. The van der Waals surface area contributed by atoms with Crippen molar-refractivity contribution in [2.24, 2.45) is 5.92 Å². The van der Waals surface area contributed by atoms with Crippen molar-refractivity contribution in [3.63, 3.8) is 0 Å². The number of carboxylic acids is 1. The van der Waals surface area contributed by atoms with Crippen molar-refractivity contribution in [1.29, 1.82) is 0 Å². The van der Waals surface area contributed by atoms with Gasteiger partial charge >= 0.3 is 12.0 Å². The van der Waals surface area contributed by atoms with Crippen molar-refractivity contribution in [3.05, 3.63) is 0 Å². The number of nitrogens with one attached hydrogen (secondary N) is 2. The Balaban J connectivity index is 1.67. The minimum absolute atomic E-state index is 0.0803. The number of likely N-dealkylation sites (N-methyl/N-ethyl adjacent to an activating group) is 1. The fourth-order valence-electron chi connectivity index (χ4n) is 2.92. The van der Waals surface area contributed by atoms with Gasteiger partial charge in [0.2, 0.25) is 0 Å². The molecule has 0 aromatic heterocycles. The fourth-order valence-corrected chi connectivity index (χ4v) is 4.32. The van der Waals surface area contributed by atoms with Gasteiger partial charge in [-0.25, -0.2) is 4.79 Å². The molecule has 2 aliphatic rings. The number of rotatable bonds is 6. The van der Waals surface area contributed by atoms with Crippen molar-refractivity contribution in [1.82, 2.24) is 15.5 Å². The molecule has 6 nitrogen and oxygen atoms in total. The highest BCUT2D eigenvalue weighted by Gasteiger charge is 2.35. The van der Waals surface area contributed by atoms with Gasteiger partial charge in [-0.05, 0) is 31.1 Å². The largest absolute Gasteiger partial charge is 0.480 e. The van der Waals surface area contributed by atoms with Gasteiger partial charge in [-0.15, -0.1) is 0 Å². The summed E-state index contributed by atoms with van der Waals surface area (Å²) in [6, 6.07) is 0.628. The Morgan fingerprint density at radius 2 is 2.00 bits per heavy atom. The molecule has 1 aliphatic carbocycles. The number of carboxylic acid groups (broad SMARTS) is 1. The molecule has 0 radical (unpaired) electrons. The number of hydrogen-bond acceptors (Lipinski definition) is 4. The van der Waals surface area contributed by atoms with Crippen LogP contribution in [0.4, 0.5) is 4.79 Å². The zero-order valence-electron chi connectivity index (χ0n) is 12.7. The Morgan fingerprint density at radius 1 is 1.29 bits per heavy atom. The first-order valence-corrected chi connectivity index (χ1v) is 8.75. The topological polar surface area (TPSA) is 81.7 Å². The number of nitrogens with zero attached hydrogens (tertiary/aromatic N) is 1. The van der Waals surface area contributed by atoms with Crippen LogP contribution in [0.1, 0.15) is 26.7 Å². The van der Waals surface area contributed by atoms with E-state index < -0.39 is 5.97 Å². The van der Waals surface area contributed by atoms with E-state index in [1.165, 1.54) is 0 Å². The molecule has 0 aromatic rings. The summed E-state index contributed by atoms with van der Waals surface area (Å²) in [4.78, 5) is 24.7. The molecular formula is C14H25N3O3S. The van der Waals surface area contributed by atoms with Crippen LogP contribution in [0.2, 0.25) is 0 Å². The fraction of sp³-hybridized carbons (Fsp3) is 0.857. The lowest BCUT2D eigenvalue weighted by Gasteiger charge is -2.42. The molecule has 1 aliphatic heterocycles. The molecule has 0 bridgehead atoms. The monoisotopic (exact) mass is 315 g/mol. The lowest BCUT2D eigenvalue weighted by Crippen LogP contribution is -2.57. The highest BCUT2D eigenvalue weighted by molar-refractivity contribution is 7.99. The number of urea groups is 1. The van der Waals surface area contributed by atoms with E-state index in [4.69, 9.17) is 5.11 Å². The maximum atomic E-state index is 11.9. The van der Waals surface area contributed by atoms with Crippen LogP contribution < -0.4 is 10.6 Å². The molecule has 3 N–H and O–H groups in total. The molecule has 0 spiro atoms. The number of amides is 2. The summed E-state index contributed by atoms with van der Waals surface area (Å²) in [5.41, 5.74) is 0. The summed E-state index contributed by atoms with van der Waals surface area (Å²) in [6.07, 6.45) is 1.67. The van der Waals surface area contributed by atoms with E-state index in [1.54, 1.807) is 0 Å². The molecule has 0 aromatic carbocycles. The van der Waals surface area contributed by atoms with E-state index in [-0.39, 0.29) is 30.7 Å². The molecular weight excluding hydrogens is 290 g/mol. The molecule has 2 atom stereocenters. The Morgan fingerprint density at radius 3 is 2.52 bits per heavy atom. The van der Waals surface area contributed by atoms with Crippen LogP contribution in [0.15, 0.2) is 0 Å². The minimum Gasteiger partial charge on any atom is -0.480 e. The molecule has 2 unspecified atom stereocenters. The van der Waals surface area contributed by atoms with E-state index in [1.807, 2.05) is 23.6 Å². The molecule has 2 fully saturated rings. The first-order chi connectivity index (χ1) is 9.99. The Kier molecular flexibility index (Phi) is 5.75. The van der Waals surface area contributed by atoms with Crippen molar-refractivity contribution in [2.75, 3.05) is 24.6 Å². The normalized spacial score (nSPS) is 31.8. The average molecular weight is 315 g/mol. The van der Waals surface area contributed by atoms with Crippen LogP contribution in [0, 0.1) is 5.92 Å². The minimum atomic E-state index is -0.793. The second-order valence-electron chi connectivity index (χ2n) is 6.02. The predicted molar refractivity (Wildman–Crippen MR) is 83.6 cm³/mol. The molecule has 7 heteroatoms. The summed E-state index contributed by atoms with van der Waals surface area (Å²) in [5.74, 6) is 1.83. The Labute approximate surface area is 130 Å². The van der Waals surface area contributed by atoms with Crippen LogP contribution in [-0.2, 0) is 4.79 Å². The lowest BCUT2D eigenvalue weighted by molar-refractivity contribution is -0.139. The van der Waals surface area contributed by atoms with Gasteiger partial charge in [-0.2, -0.15) is 11.8 Å². The van der Waals surface area contributed by atoms with E-state index in [9.17, 15) is 9.59 Å². The van der Waals surface area contributed by atoms with Gasteiger partial charge in [0.25, 0.3) is 0 Å². The SMILES string of the molecule is CCN(CC(=O)O)C1CC(NC(=O)NC2CSCC2C)C1. The van der Waals surface area contributed by atoms with Crippen molar-refractivity contribution in [2.45, 2.75) is 44.8 Å². The lowest BCUT2D eigenvalue weighted by atomic mass is 9.85. The third-order valence-corrected chi connectivity index (χ3v) is 5.75. The van der Waals surface area contributed by atoms with Crippen LogP contribution in [0.5, 0.6) is 0 Å². The van der Waals surface area contributed by atoms with Gasteiger partial charge in [-0.3, -0.25) is 9.69 Å². The van der Waals surface area contributed by atoms with Crippen molar-refractivity contribution in [3.8, 4) is 0 Å². The van der Waals surface area contributed by atoms with Crippen LogP contribution in [0.25, 0.3) is 0 Å². The molecule has 21 heavy (non-hydrogen) atoms. The number of carbonyl (C=O) groups excluding carboxylic acids is 1. The van der Waals surface area contributed by atoms with Gasteiger partial charge in [0.05, 0.1) is 6.54 Å². The van der Waals surface area contributed by atoms with Crippen LogP contribution >= 0.6 is 11.8 Å². The predicted octanol–water partition coefficient (Wildman–Crippen LogP) is 0.975. The second-order valence-corrected chi connectivity index (χ2v) is 7.09. The molecule has 1 heterocycles. The van der Waals surface area contributed by atoms with Gasteiger partial charge in [0, 0.05) is 23.9 Å².